The maximum Gasteiger partial charge on any atom is 0.233 e. The maximum absolute atomic E-state index is 13.3. The largest absolute Gasteiger partial charge is 0.508 e. The lowest BCUT2D eigenvalue weighted by atomic mass is 9.79. The van der Waals surface area contributed by atoms with E-state index in [4.69, 9.17) is 4.74 Å². The van der Waals surface area contributed by atoms with Crippen molar-refractivity contribution in [3.05, 3.63) is 90.0 Å². The molecule has 0 aliphatic carbocycles. The van der Waals surface area contributed by atoms with Crippen LogP contribution < -0.4 is 9.64 Å². The summed E-state index contributed by atoms with van der Waals surface area (Å²) in [4.78, 5) is 14.6. The van der Waals surface area contributed by atoms with E-state index in [-0.39, 0.29) is 35.3 Å². The van der Waals surface area contributed by atoms with Crippen LogP contribution in [0.5, 0.6) is 11.5 Å². The molecule has 3 aromatic rings. The fraction of sp³-hybridized carbons (Fsp3) is 0.208. The Morgan fingerprint density at radius 3 is 2.10 bits per heavy atom. The van der Waals surface area contributed by atoms with Gasteiger partial charge in [-0.25, -0.2) is 8.78 Å². The predicted molar refractivity (Wildman–Crippen MR) is 109 cm³/mol. The Morgan fingerprint density at radius 1 is 0.867 bits per heavy atom. The first-order valence-corrected chi connectivity index (χ1v) is 9.79. The summed E-state index contributed by atoms with van der Waals surface area (Å²) < 4.78 is 31.9. The van der Waals surface area contributed by atoms with E-state index in [1.807, 2.05) is 0 Å². The molecular weight excluding hydrogens is 388 g/mol. The lowest BCUT2D eigenvalue weighted by molar-refractivity contribution is -0.130. The number of halogens is 2. The van der Waals surface area contributed by atoms with Crippen LogP contribution in [0.3, 0.4) is 0 Å². The smallest absolute Gasteiger partial charge is 0.233 e. The molecule has 30 heavy (non-hydrogen) atoms. The summed E-state index contributed by atoms with van der Waals surface area (Å²) in [6, 6.07) is 18.2. The van der Waals surface area contributed by atoms with Gasteiger partial charge in [-0.05, 0) is 79.1 Å². The van der Waals surface area contributed by atoms with E-state index in [1.54, 1.807) is 53.4 Å². The molecule has 1 fully saturated rings. The second-order valence-corrected chi connectivity index (χ2v) is 7.27. The third-order valence-electron chi connectivity index (χ3n) is 5.30. The first-order valence-electron chi connectivity index (χ1n) is 9.79. The standard InChI is InChI=1S/C24H21F2NO3/c25-17-5-9-19(10-6-17)27-23(16-3-11-20(28)12-4-16)22(24(27)29)2-1-15-30-21-13-7-18(26)8-14-21/h3-14,22-23,28H,1-2,15H2/t22-,23-/m1/s1. The molecule has 0 saturated carbocycles. The Bertz CT molecular complexity index is 1000. The van der Waals surface area contributed by atoms with Crippen LogP contribution in [0.25, 0.3) is 0 Å². The number of nitrogens with zero attached hydrogens (tertiary/aromatic N) is 1. The summed E-state index contributed by atoms with van der Waals surface area (Å²) in [6.07, 6.45) is 1.27. The van der Waals surface area contributed by atoms with Crippen molar-refractivity contribution in [1.82, 2.24) is 0 Å². The summed E-state index contributed by atoms with van der Waals surface area (Å²) >= 11 is 0. The minimum atomic E-state index is -0.359. The second-order valence-electron chi connectivity index (χ2n) is 7.27. The highest BCUT2D eigenvalue weighted by molar-refractivity contribution is 6.03. The van der Waals surface area contributed by atoms with Gasteiger partial charge < -0.3 is 14.7 Å². The van der Waals surface area contributed by atoms with Crippen molar-refractivity contribution in [3.8, 4) is 11.5 Å². The molecule has 1 saturated heterocycles. The molecule has 1 aliphatic rings. The zero-order valence-electron chi connectivity index (χ0n) is 16.2. The van der Waals surface area contributed by atoms with E-state index in [1.165, 1.54) is 24.3 Å². The topological polar surface area (TPSA) is 49.8 Å². The molecule has 4 nitrogen and oxygen atoms in total. The molecule has 0 radical (unpaired) electrons. The molecule has 1 aliphatic heterocycles. The number of aromatic hydroxyl groups is 1. The number of benzene rings is 3. The highest BCUT2D eigenvalue weighted by atomic mass is 19.1. The molecule has 1 heterocycles. The monoisotopic (exact) mass is 409 g/mol. The number of rotatable bonds is 7. The van der Waals surface area contributed by atoms with Crippen molar-refractivity contribution in [2.75, 3.05) is 11.5 Å². The average Bonchev–Trinajstić information content (AvgIpc) is 2.75. The van der Waals surface area contributed by atoms with E-state index in [0.717, 1.165) is 5.56 Å². The van der Waals surface area contributed by atoms with E-state index in [9.17, 15) is 18.7 Å². The Labute approximate surface area is 173 Å². The minimum absolute atomic E-state index is 0.0264. The van der Waals surface area contributed by atoms with Crippen molar-refractivity contribution >= 4 is 11.6 Å². The molecule has 3 aromatic carbocycles. The van der Waals surface area contributed by atoms with Gasteiger partial charge in [-0.3, -0.25) is 4.79 Å². The van der Waals surface area contributed by atoms with Crippen LogP contribution in [0.2, 0.25) is 0 Å². The molecule has 0 spiro atoms. The summed E-state index contributed by atoms with van der Waals surface area (Å²) in [7, 11) is 0. The fourth-order valence-corrected chi connectivity index (χ4v) is 3.80. The van der Waals surface area contributed by atoms with E-state index in [2.05, 4.69) is 0 Å². The number of carbonyl (C=O) groups is 1. The fourth-order valence-electron chi connectivity index (χ4n) is 3.80. The van der Waals surface area contributed by atoms with Crippen LogP contribution in [-0.4, -0.2) is 17.6 Å². The Kier molecular flexibility index (Phi) is 5.65. The van der Waals surface area contributed by atoms with Gasteiger partial charge in [-0.2, -0.15) is 0 Å². The number of anilines is 1. The van der Waals surface area contributed by atoms with Crippen LogP contribution in [0.1, 0.15) is 24.4 Å². The normalized spacial score (nSPS) is 18.2. The van der Waals surface area contributed by atoms with Crippen molar-refractivity contribution < 1.29 is 23.4 Å². The predicted octanol–water partition coefficient (Wildman–Crippen LogP) is 5.23. The van der Waals surface area contributed by atoms with Crippen molar-refractivity contribution in [2.24, 2.45) is 5.92 Å². The number of phenolic OH excluding ortho intramolecular Hbond substituents is 1. The number of amides is 1. The Hall–Kier alpha value is -3.41. The highest BCUT2D eigenvalue weighted by Crippen LogP contribution is 2.45. The van der Waals surface area contributed by atoms with E-state index < -0.39 is 0 Å². The Morgan fingerprint density at radius 2 is 1.47 bits per heavy atom. The first kappa shape index (κ1) is 19.9. The molecule has 1 amide bonds. The number of hydrogen-bond donors (Lipinski definition) is 1. The van der Waals surface area contributed by atoms with Crippen LogP contribution in [0.15, 0.2) is 72.8 Å². The molecule has 0 unspecified atom stereocenters. The quantitative estimate of drug-likeness (QED) is 0.429. The molecule has 2 atom stereocenters. The number of ether oxygens (including phenoxy) is 1. The van der Waals surface area contributed by atoms with Gasteiger partial charge in [0.15, 0.2) is 0 Å². The van der Waals surface area contributed by atoms with Crippen molar-refractivity contribution in [1.29, 1.82) is 0 Å². The molecular formula is C24H21F2NO3. The third kappa shape index (κ3) is 4.13. The van der Waals surface area contributed by atoms with Gasteiger partial charge in [0, 0.05) is 5.69 Å². The number of hydrogen-bond acceptors (Lipinski definition) is 3. The zero-order chi connectivity index (χ0) is 21.1. The zero-order valence-corrected chi connectivity index (χ0v) is 16.2. The minimum Gasteiger partial charge on any atom is -0.508 e. The SMILES string of the molecule is O=C1[C@H](CCCOc2ccc(F)cc2)[C@@H](c2ccc(O)cc2)N1c1ccc(F)cc1. The van der Waals surface area contributed by atoms with Crippen LogP contribution in [0.4, 0.5) is 14.5 Å². The van der Waals surface area contributed by atoms with Gasteiger partial charge in [0.25, 0.3) is 0 Å². The number of carbonyl (C=O) groups excluding carboxylic acids is 1. The van der Waals surface area contributed by atoms with Crippen molar-refractivity contribution in [2.45, 2.75) is 18.9 Å². The summed E-state index contributed by atoms with van der Waals surface area (Å²) in [5, 5.41) is 9.60. The van der Waals surface area contributed by atoms with Crippen LogP contribution in [0, 0.1) is 17.6 Å². The molecule has 1 N–H and O–H groups in total. The number of β-lactam (4-membered cyclic amide) rings is 1. The highest BCUT2D eigenvalue weighted by Gasteiger charge is 2.48. The van der Waals surface area contributed by atoms with Gasteiger partial charge in [0.1, 0.15) is 23.1 Å². The summed E-state index contributed by atoms with van der Waals surface area (Å²) in [6.45, 7) is 0.411. The summed E-state index contributed by atoms with van der Waals surface area (Å²) in [5.74, 6) is -0.207. The van der Waals surface area contributed by atoms with Gasteiger partial charge in [-0.1, -0.05) is 12.1 Å². The molecule has 4 rings (SSSR count). The van der Waals surface area contributed by atoms with Crippen LogP contribution in [-0.2, 0) is 4.79 Å². The summed E-state index contributed by atoms with van der Waals surface area (Å²) in [5.41, 5.74) is 1.54. The van der Waals surface area contributed by atoms with Crippen molar-refractivity contribution in [3.63, 3.8) is 0 Å². The molecule has 154 valence electrons. The Balaban J connectivity index is 1.45. The number of phenols is 1. The van der Waals surface area contributed by atoms with Gasteiger partial charge >= 0.3 is 0 Å². The molecule has 0 aromatic heterocycles. The van der Waals surface area contributed by atoms with E-state index in [0.29, 0.717) is 30.9 Å². The molecule has 0 bridgehead atoms. The van der Waals surface area contributed by atoms with E-state index >= 15 is 0 Å². The van der Waals surface area contributed by atoms with Gasteiger partial charge in [-0.15, -0.1) is 0 Å². The second kappa shape index (κ2) is 8.53. The lowest BCUT2D eigenvalue weighted by Gasteiger charge is -2.47. The molecule has 6 heteroatoms. The van der Waals surface area contributed by atoms with Gasteiger partial charge in [0.2, 0.25) is 5.91 Å². The first-order chi connectivity index (χ1) is 14.5. The average molecular weight is 409 g/mol. The van der Waals surface area contributed by atoms with Gasteiger partial charge in [0.05, 0.1) is 18.6 Å². The van der Waals surface area contributed by atoms with Crippen LogP contribution >= 0.6 is 0 Å². The third-order valence-corrected chi connectivity index (χ3v) is 5.30. The maximum atomic E-state index is 13.3. The lowest BCUT2D eigenvalue weighted by Crippen LogP contribution is -2.55.